The van der Waals surface area contributed by atoms with Crippen LogP contribution in [0.25, 0.3) is 0 Å². The summed E-state index contributed by atoms with van der Waals surface area (Å²) in [5.74, 6) is -0.519. The summed E-state index contributed by atoms with van der Waals surface area (Å²) in [6, 6.07) is 7.45. The number of hydrogen-bond donors (Lipinski definition) is 1. The Morgan fingerprint density at radius 1 is 1.35 bits per heavy atom. The smallest absolute Gasteiger partial charge is 0.288 e. The zero-order valence-corrected chi connectivity index (χ0v) is 11.2. The van der Waals surface area contributed by atoms with Crippen molar-refractivity contribution >= 4 is 28.9 Å². The zero-order valence-electron chi connectivity index (χ0n) is 10.5. The maximum absolute atomic E-state index is 12.1. The number of carbonyl (C=O) groups excluding carboxylic acids is 1. The topological polar surface area (TPSA) is 85.1 Å². The van der Waals surface area contributed by atoms with E-state index in [0.29, 0.717) is 11.4 Å². The normalized spacial score (nSPS) is 10.1. The number of benzene rings is 1. The first-order valence-electron chi connectivity index (χ1n) is 5.66. The highest BCUT2D eigenvalue weighted by atomic mass is 35.5. The zero-order chi connectivity index (χ0) is 14.7. The number of pyridine rings is 1. The van der Waals surface area contributed by atoms with Crippen molar-refractivity contribution in [2.24, 2.45) is 0 Å². The third kappa shape index (κ3) is 2.75. The molecule has 0 saturated carbocycles. The third-order valence-electron chi connectivity index (χ3n) is 2.67. The molecule has 1 N–H and O–H groups in total. The molecule has 20 heavy (non-hydrogen) atoms. The average Bonchev–Trinajstić information content (AvgIpc) is 2.41. The van der Waals surface area contributed by atoms with E-state index in [2.05, 4.69) is 10.3 Å². The summed E-state index contributed by atoms with van der Waals surface area (Å²) >= 11 is 5.89. The van der Waals surface area contributed by atoms with E-state index in [-0.39, 0.29) is 16.3 Å². The van der Waals surface area contributed by atoms with Crippen molar-refractivity contribution < 1.29 is 9.72 Å². The Kier molecular flexibility index (Phi) is 3.95. The second-order valence-electron chi connectivity index (χ2n) is 3.99. The van der Waals surface area contributed by atoms with Gasteiger partial charge in [-0.1, -0.05) is 17.7 Å². The summed E-state index contributed by atoms with van der Waals surface area (Å²) in [5.41, 5.74) is 0.911. The lowest BCUT2D eigenvalue weighted by atomic mass is 10.1. The summed E-state index contributed by atoms with van der Waals surface area (Å²) in [7, 11) is 0. The van der Waals surface area contributed by atoms with Crippen LogP contribution in [0.5, 0.6) is 0 Å². The molecule has 0 aliphatic carbocycles. The molecule has 2 rings (SSSR count). The van der Waals surface area contributed by atoms with Crippen molar-refractivity contribution in [3.63, 3.8) is 0 Å². The maximum Gasteiger partial charge on any atom is 0.288 e. The minimum absolute atomic E-state index is 0.0455. The predicted octanol–water partition coefficient (Wildman–Crippen LogP) is 3.20. The fourth-order valence-electron chi connectivity index (χ4n) is 1.64. The van der Waals surface area contributed by atoms with Crippen molar-refractivity contribution in [3.8, 4) is 0 Å². The van der Waals surface area contributed by atoms with Crippen LogP contribution in [-0.4, -0.2) is 15.8 Å². The Hall–Kier alpha value is -2.47. The van der Waals surface area contributed by atoms with Crippen LogP contribution in [0.1, 0.15) is 16.1 Å². The van der Waals surface area contributed by atoms with Gasteiger partial charge in [0.2, 0.25) is 0 Å². The van der Waals surface area contributed by atoms with Gasteiger partial charge in [0.1, 0.15) is 5.02 Å². The van der Waals surface area contributed by atoms with E-state index in [1.807, 2.05) is 0 Å². The molecule has 0 aliphatic rings. The molecule has 0 bridgehead atoms. The minimum Gasteiger partial charge on any atom is -0.320 e. The van der Waals surface area contributed by atoms with Gasteiger partial charge in [-0.25, -0.2) is 0 Å². The Balaban J connectivity index is 2.33. The molecule has 0 saturated heterocycles. The number of hydrogen-bond acceptors (Lipinski definition) is 4. The number of nitrogens with zero attached hydrogens (tertiary/aromatic N) is 2. The standard InChI is InChI=1S/C13H10ClN3O3/c1-8-10(5-3-7-15-8)16-13(18)9-4-2-6-11(12(9)14)17(19)20/h2-7H,1H3,(H,16,18). The maximum atomic E-state index is 12.1. The molecular formula is C13H10ClN3O3. The van der Waals surface area contributed by atoms with Gasteiger partial charge in [0.25, 0.3) is 11.6 Å². The Morgan fingerprint density at radius 2 is 2.10 bits per heavy atom. The molecule has 1 heterocycles. The molecule has 0 spiro atoms. The highest BCUT2D eigenvalue weighted by Crippen LogP contribution is 2.28. The molecule has 0 unspecified atom stereocenters. The van der Waals surface area contributed by atoms with Gasteiger partial charge in [-0.05, 0) is 25.1 Å². The van der Waals surface area contributed by atoms with Crippen LogP contribution in [-0.2, 0) is 0 Å². The summed E-state index contributed by atoms with van der Waals surface area (Å²) in [5, 5.41) is 13.2. The van der Waals surface area contributed by atoms with E-state index < -0.39 is 10.8 Å². The molecular weight excluding hydrogens is 282 g/mol. The van der Waals surface area contributed by atoms with Gasteiger partial charge in [-0.2, -0.15) is 0 Å². The fourth-order valence-corrected chi connectivity index (χ4v) is 1.92. The molecule has 102 valence electrons. The van der Waals surface area contributed by atoms with Gasteiger partial charge in [0.05, 0.1) is 21.9 Å². The number of carbonyl (C=O) groups is 1. The summed E-state index contributed by atoms with van der Waals surface area (Å²) in [6.45, 7) is 1.74. The molecule has 2 aromatic rings. The minimum atomic E-state index is -0.631. The number of aryl methyl sites for hydroxylation is 1. The highest BCUT2D eigenvalue weighted by Gasteiger charge is 2.20. The van der Waals surface area contributed by atoms with E-state index >= 15 is 0 Å². The SMILES string of the molecule is Cc1ncccc1NC(=O)c1cccc([N+](=O)[O-])c1Cl. The molecule has 0 aliphatic heterocycles. The van der Waals surface area contributed by atoms with Gasteiger partial charge in [-0.15, -0.1) is 0 Å². The average molecular weight is 292 g/mol. The van der Waals surface area contributed by atoms with Crippen LogP contribution in [0.4, 0.5) is 11.4 Å². The van der Waals surface area contributed by atoms with E-state index in [9.17, 15) is 14.9 Å². The molecule has 0 radical (unpaired) electrons. The van der Waals surface area contributed by atoms with E-state index in [1.54, 1.807) is 25.3 Å². The number of amides is 1. The van der Waals surface area contributed by atoms with Crippen molar-refractivity contribution in [1.29, 1.82) is 0 Å². The van der Waals surface area contributed by atoms with E-state index in [4.69, 9.17) is 11.6 Å². The number of nitrogens with one attached hydrogen (secondary N) is 1. The number of halogens is 1. The van der Waals surface area contributed by atoms with Crippen LogP contribution in [0.2, 0.25) is 5.02 Å². The second-order valence-corrected chi connectivity index (χ2v) is 4.36. The lowest BCUT2D eigenvalue weighted by molar-refractivity contribution is -0.384. The Bertz CT molecular complexity index is 688. The van der Waals surface area contributed by atoms with Gasteiger partial charge in [0, 0.05) is 12.3 Å². The van der Waals surface area contributed by atoms with Crippen LogP contribution < -0.4 is 5.32 Å². The van der Waals surface area contributed by atoms with Crippen LogP contribution in [0.15, 0.2) is 36.5 Å². The number of nitro benzene ring substituents is 1. The lowest BCUT2D eigenvalue weighted by Gasteiger charge is -2.08. The van der Waals surface area contributed by atoms with E-state index in [0.717, 1.165) is 0 Å². The van der Waals surface area contributed by atoms with Gasteiger partial charge in [-0.3, -0.25) is 19.9 Å². The first-order valence-corrected chi connectivity index (χ1v) is 6.04. The molecule has 0 fully saturated rings. The lowest BCUT2D eigenvalue weighted by Crippen LogP contribution is -2.14. The van der Waals surface area contributed by atoms with Crippen molar-refractivity contribution in [3.05, 3.63) is 62.9 Å². The van der Waals surface area contributed by atoms with Crippen molar-refractivity contribution in [2.45, 2.75) is 6.92 Å². The summed E-state index contributed by atoms with van der Waals surface area (Å²) < 4.78 is 0. The number of nitro groups is 1. The molecule has 6 nitrogen and oxygen atoms in total. The second kappa shape index (κ2) is 5.66. The van der Waals surface area contributed by atoms with Crippen LogP contribution in [0.3, 0.4) is 0 Å². The Morgan fingerprint density at radius 3 is 2.75 bits per heavy atom. The van der Waals surface area contributed by atoms with Gasteiger partial charge in [0.15, 0.2) is 0 Å². The molecule has 7 heteroatoms. The largest absolute Gasteiger partial charge is 0.320 e. The molecule has 1 amide bonds. The molecule has 0 atom stereocenters. The number of anilines is 1. The predicted molar refractivity (Wildman–Crippen MR) is 75.0 cm³/mol. The number of rotatable bonds is 3. The monoisotopic (exact) mass is 291 g/mol. The quantitative estimate of drug-likeness (QED) is 0.695. The Labute approximate surface area is 119 Å². The van der Waals surface area contributed by atoms with Crippen LogP contribution in [0, 0.1) is 17.0 Å². The summed E-state index contributed by atoms with van der Waals surface area (Å²) in [4.78, 5) is 26.3. The highest BCUT2D eigenvalue weighted by molar-refractivity contribution is 6.36. The first-order chi connectivity index (χ1) is 9.50. The van der Waals surface area contributed by atoms with Crippen molar-refractivity contribution in [2.75, 3.05) is 5.32 Å². The van der Waals surface area contributed by atoms with E-state index in [1.165, 1.54) is 18.2 Å². The summed E-state index contributed by atoms with van der Waals surface area (Å²) in [6.07, 6.45) is 1.60. The fraction of sp³-hybridized carbons (Fsp3) is 0.0769. The first kappa shape index (κ1) is 14.0. The van der Waals surface area contributed by atoms with Crippen LogP contribution >= 0.6 is 11.6 Å². The molecule has 1 aromatic heterocycles. The molecule has 1 aromatic carbocycles. The number of aromatic nitrogens is 1. The van der Waals surface area contributed by atoms with Crippen molar-refractivity contribution in [1.82, 2.24) is 4.98 Å². The third-order valence-corrected chi connectivity index (χ3v) is 3.07. The van der Waals surface area contributed by atoms with Gasteiger partial charge < -0.3 is 5.32 Å². The van der Waals surface area contributed by atoms with Gasteiger partial charge >= 0.3 is 0 Å².